The van der Waals surface area contributed by atoms with Gasteiger partial charge >= 0.3 is 11.9 Å². The van der Waals surface area contributed by atoms with E-state index >= 15 is 0 Å². The normalized spacial score (nSPS) is 10.9. The molecule has 2 aromatic carbocycles. The van der Waals surface area contributed by atoms with Gasteiger partial charge in [0, 0.05) is 17.7 Å². The van der Waals surface area contributed by atoms with Crippen molar-refractivity contribution in [2.75, 3.05) is 26.0 Å². The van der Waals surface area contributed by atoms with Crippen LogP contribution in [0.1, 0.15) is 35.3 Å². The summed E-state index contributed by atoms with van der Waals surface area (Å²) in [5, 5.41) is 7.38. The number of hydrogen-bond donors (Lipinski definition) is 3. The molecule has 2 rings (SSSR count). The molecule has 0 unspecified atom stereocenters. The zero-order valence-electron chi connectivity index (χ0n) is 21.3. The Kier molecular flexibility index (Phi) is 12.6. The summed E-state index contributed by atoms with van der Waals surface area (Å²) in [6.45, 7) is 7.26. The second-order valence-electron chi connectivity index (χ2n) is 7.79. The SMILES string of the molecule is C=CCN(CC(=O)OCC)C(=O)/C(C)=C/c1ccc(C(=O)Oc2ccc(C(=N)N)cc2)cc1.CS(=O)(=O)O. The molecule has 0 aliphatic rings. The molecular formula is C26H31N3O8S. The summed E-state index contributed by atoms with van der Waals surface area (Å²) >= 11 is 0. The molecule has 4 N–H and O–H groups in total. The molecule has 11 nitrogen and oxygen atoms in total. The number of rotatable bonds is 10. The summed E-state index contributed by atoms with van der Waals surface area (Å²) in [6, 6.07) is 12.9. The number of nitrogen functional groups attached to an aromatic ring is 1. The summed E-state index contributed by atoms with van der Waals surface area (Å²) < 4.78 is 36.1. The lowest BCUT2D eigenvalue weighted by molar-refractivity contribution is -0.147. The molecule has 0 aliphatic heterocycles. The molecule has 0 bridgehead atoms. The fraction of sp³-hybridized carbons (Fsp3) is 0.231. The number of ether oxygens (including phenoxy) is 2. The first-order valence-corrected chi connectivity index (χ1v) is 13.0. The molecule has 0 aliphatic carbocycles. The first-order valence-electron chi connectivity index (χ1n) is 11.2. The van der Waals surface area contributed by atoms with Gasteiger partial charge in [-0.2, -0.15) is 8.42 Å². The van der Waals surface area contributed by atoms with Crippen LogP contribution in [0, 0.1) is 5.41 Å². The van der Waals surface area contributed by atoms with E-state index in [9.17, 15) is 22.8 Å². The Morgan fingerprint density at radius 2 is 1.61 bits per heavy atom. The average molecular weight is 546 g/mol. The van der Waals surface area contributed by atoms with Gasteiger partial charge in [-0.3, -0.25) is 19.6 Å². The molecule has 0 radical (unpaired) electrons. The number of amides is 1. The van der Waals surface area contributed by atoms with E-state index in [1.165, 1.54) is 4.90 Å². The van der Waals surface area contributed by atoms with E-state index in [0.29, 0.717) is 34.3 Å². The molecule has 12 heteroatoms. The van der Waals surface area contributed by atoms with E-state index in [-0.39, 0.29) is 31.4 Å². The van der Waals surface area contributed by atoms with Crippen molar-refractivity contribution in [3.8, 4) is 5.75 Å². The Balaban J connectivity index is 0.00000132. The maximum absolute atomic E-state index is 12.7. The van der Waals surface area contributed by atoms with Crippen molar-refractivity contribution in [3.63, 3.8) is 0 Å². The zero-order chi connectivity index (χ0) is 28.9. The van der Waals surface area contributed by atoms with Crippen LogP contribution in [0.5, 0.6) is 5.75 Å². The number of esters is 2. The quantitative estimate of drug-likeness (QED) is 0.0770. The fourth-order valence-electron chi connectivity index (χ4n) is 2.88. The first-order chi connectivity index (χ1) is 17.7. The Bertz CT molecular complexity index is 1280. The molecular weight excluding hydrogens is 514 g/mol. The van der Waals surface area contributed by atoms with Crippen LogP contribution < -0.4 is 10.5 Å². The van der Waals surface area contributed by atoms with Crippen LogP contribution in [-0.4, -0.2) is 67.5 Å². The topological polar surface area (TPSA) is 177 Å². The Labute approximate surface area is 221 Å². The van der Waals surface area contributed by atoms with Gasteiger partial charge in [-0.25, -0.2) is 4.79 Å². The second-order valence-corrected chi connectivity index (χ2v) is 9.26. The highest BCUT2D eigenvalue weighted by Gasteiger charge is 2.18. The van der Waals surface area contributed by atoms with Crippen LogP contribution in [-0.2, 0) is 24.4 Å². The molecule has 1 amide bonds. The maximum Gasteiger partial charge on any atom is 0.343 e. The predicted molar refractivity (Wildman–Crippen MR) is 143 cm³/mol. The third kappa shape index (κ3) is 12.1. The third-order valence-corrected chi connectivity index (χ3v) is 4.50. The van der Waals surface area contributed by atoms with Gasteiger partial charge in [0.2, 0.25) is 5.91 Å². The summed E-state index contributed by atoms with van der Waals surface area (Å²) in [7, 11) is -3.67. The number of nitrogens with one attached hydrogen (secondary N) is 1. The second kappa shape index (κ2) is 15.1. The van der Waals surface area contributed by atoms with Gasteiger partial charge in [0.25, 0.3) is 10.1 Å². The standard InChI is InChI=1S/C25H27N3O5.CH4O3S/c1-4-14-28(16-22(29)32-5-2)24(30)17(3)15-18-6-8-20(9-7-18)25(31)33-21-12-10-19(11-13-21)23(26)27;1-5(2,3)4/h4,6-13,15H,1,5,14,16H2,2-3H3,(H3,26,27);1H3,(H,2,3,4)/b17-15+;. The summed E-state index contributed by atoms with van der Waals surface area (Å²) in [4.78, 5) is 38.2. The van der Waals surface area contributed by atoms with Gasteiger partial charge in [-0.05, 0) is 61.9 Å². The molecule has 0 atom stereocenters. The van der Waals surface area contributed by atoms with Gasteiger partial charge in [-0.1, -0.05) is 18.2 Å². The zero-order valence-corrected chi connectivity index (χ0v) is 22.2. The first kappa shape index (κ1) is 31.7. The molecule has 0 heterocycles. The van der Waals surface area contributed by atoms with Gasteiger partial charge in [0.15, 0.2) is 0 Å². The number of nitrogens with zero attached hydrogens (tertiary/aromatic N) is 1. The lowest BCUT2D eigenvalue weighted by Gasteiger charge is -2.20. The summed E-state index contributed by atoms with van der Waals surface area (Å²) in [6.07, 6.45) is 3.92. The van der Waals surface area contributed by atoms with Crippen molar-refractivity contribution >= 4 is 39.9 Å². The monoisotopic (exact) mass is 545 g/mol. The summed E-state index contributed by atoms with van der Waals surface area (Å²) in [5.41, 5.74) is 7.40. The van der Waals surface area contributed by atoms with E-state index in [4.69, 9.17) is 25.2 Å². The minimum atomic E-state index is -3.67. The molecule has 0 saturated heterocycles. The lowest BCUT2D eigenvalue weighted by atomic mass is 10.1. The predicted octanol–water partition coefficient (Wildman–Crippen LogP) is 2.67. The molecule has 38 heavy (non-hydrogen) atoms. The van der Waals surface area contributed by atoms with E-state index in [1.807, 2.05) is 0 Å². The Hall–Kier alpha value is -4.29. The van der Waals surface area contributed by atoms with Crippen LogP contribution in [0.15, 0.2) is 66.8 Å². The van der Waals surface area contributed by atoms with Gasteiger partial charge in [0.1, 0.15) is 18.1 Å². The Morgan fingerprint density at radius 1 is 1.08 bits per heavy atom. The van der Waals surface area contributed by atoms with Crippen molar-refractivity contribution in [1.82, 2.24) is 4.90 Å². The van der Waals surface area contributed by atoms with E-state index in [2.05, 4.69) is 6.58 Å². The highest BCUT2D eigenvalue weighted by atomic mass is 32.2. The lowest BCUT2D eigenvalue weighted by Crippen LogP contribution is -2.37. The molecule has 0 saturated carbocycles. The smallest absolute Gasteiger partial charge is 0.343 e. The van der Waals surface area contributed by atoms with E-state index in [0.717, 1.165) is 0 Å². The molecule has 2 aromatic rings. The molecule has 0 spiro atoms. The average Bonchev–Trinajstić information content (AvgIpc) is 2.83. The minimum Gasteiger partial charge on any atom is -0.465 e. The van der Waals surface area contributed by atoms with Crippen molar-refractivity contribution in [2.24, 2.45) is 5.73 Å². The molecule has 0 fully saturated rings. The number of benzene rings is 2. The van der Waals surface area contributed by atoms with Gasteiger partial charge in [-0.15, -0.1) is 6.58 Å². The Morgan fingerprint density at radius 3 is 2.08 bits per heavy atom. The molecule has 204 valence electrons. The van der Waals surface area contributed by atoms with Crippen LogP contribution >= 0.6 is 0 Å². The van der Waals surface area contributed by atoms with Crippen molar-refractivity contribution in [1.29, 1.82) is 5.41 Å². The van der Waals surface area contributed by atoms with E-state index in [1.54, 1.807) is 74.5 Å². The van der Waals surface area contributed by atoms with Crippen LogP contribution in [0.25, 0.3) is 6.08 Å². The van der Waals surface area contributed by atoms with Gasteiger partial charge in [0.05, 0.1) is 18.4 Å². The number of carbonyl (C=O) groups excluding carboxylic acids is 3. The maximum atomic E-state index is 12.7. The van der Waals surface area contributed by atoms with Crippen LogP contribution in [0.4, 0.5) is 0 Å². The summed E-state index contributed by atoms with van der Waals surface area (Å²) in [5.74, 6) is -1.08. The fourth-order valence-corrected chi connectivity index (χ4v) is 2.88. The number of nitrogens with two attached hydrogens (primary N) is 1. The number of hydrogen-bond acceptors (Lipinski definition) is 8. The number of carbonyl (C=O) groups is 3. The minimum absolute atomic E-state index is 0.0706. The van der Waals surface area contributed by atoms with Crippen LogP contribution in [0.2, 0.25) is 0 Å². The van der Waals surface area contributed by atoms with E-state index < -0.39 is 22.1 Å². The highest BCUT2D eigenvalue weighted by molar-refractivity contribution is 7.85. The van der Waals surface area contributed by atoms with Crippen LogP contribution in [0.3, 0.4) is 0 Å². The van der Waals surface area contributed by atoms with Crippen molar-refractivity contribution < 1.29 is 36.8 Å². The van der Waals surface area contributed by atoms with Gasteiger partial charge < -0.3 is 20.1 Å². The number of amidine groups is 1. The third-order valence-electron chi connectivity index (χ3n) is 4.50. The highest BCUT2D eigenvalue weighted by Crippen LogP contribution is 2.16. The molecule has 0 aromatic heterocycles. The van der Waals surface area contributed by atoms with Crippen molar-refractivity contribution in [3.05, 3.63) is 83.4 Å². The van der Waals surface area contributed by atoms with Crippen molar-refractivity contribution in [2.45, 2.75) is 13.8 Å². The largest absolute Gasteiger partial charge is 0.465 e.